The highest BCUT2D eigenvalue weighted by Crippen LogP contribution is 2.28. The molecule has 0 fully saturated rings. The predicted octanol–water partition coefficient (Wildman–Crippen LogP) is 6.69. The molecule has 0 aromatic heterocycles. The Morgan fingerprint density at radius 3 is 2.28 bits per heavy atom. The van der Waals surface area contributed by atoms with Gasteiger partial charge in [0.1, 0.15) is 11.8 Å². The largest absolute Gasteiger partial charge is 0.483 e. The number of hydrogen-bond donors (Lipinski definition) is 1. The summed E-state index contributed by atoms with van der Waals surface area (Å²) in [5, 5.41) is 4.20. The first-order valence-corrected chi connectivity index (χ1v) is 13.3. The number of carbonyl (C=O) groups excluding carboxylic acids is 2. The SMILES string of the molecule is CC[C@H](C)NC(=O)[C@@H](Cc1ccccc1)N(Cc1ccc(Cl)cc1)C(=O)COc1ccc(Cl)cc1Br. The molecule has 2 atom stereocenters. The molecule has 190 valence electrons. The van der Waals surface area contributed by atoms with Gasteiger partial charge in [-0.05, 0) is 70.7 Å². The number of hydrogen-bond acceptors (Lipinski definition) is 3. The zero-order valence-electron chi connectivity index (χ0n) is 20.2. The number of ether oxygens (including phenoxy) is 1. The van der Waals surface area contributed by atoms with E-state index in [0.717, 1.165) is 17.5 Å². The standard InChI is InChI=1S/C28H29BrCl2N2O3/c1-3-19(2)32-28(35)25(15-20-7-5-4-6-8-20)33(17-21-9-11-22(30)12-10-21)27(34)18-36-26-14-13-23(31)16-24(26)29/h4-14,16,19,25H,3,15,17-18H2,1-2H3,(H,32,35)/t19-,25+/m0/s1. The first kappa shape index (κ1) is 28.0. The molecule has 0 heterocycles. The predicted molar refractivity (Wildman–Crippen MR) is 148 cm³/mol. The van der Waals surface area contributed by atoms with Gasteiger partial charge in [0.25, 0.3) is 5.91 Å². The van der Waals surface area contributed by atoms with Crippen LogP contribution in [0.3, 0.4) is 0 Å². The van der Waals surface area contributed by atoms with Crippen molar-refractivity contribution in [2.24, 2.45) is 0 Å². The van der Waals surface area contributed by atoms with E-state index in [9.17, 15) is 9.59 Å². The van der Waals surface area contributed by atoms with E-state index in [4.69, 9.17) is 27.9 Å². The maximum Gasteiger partial charge on any atom is 0.261 e. The molecule has 3 rings (SSSR count). The van der Waals surface area contributed by atoms with Crippen molar-refractivity contribution in [3.8, 4) is 5.75 Å². The lowest BCUT2D eigenvalue weighted by Crippen LogP contribution is -2.53. The van der Waals surface area contributed by atoms with Crippen molar-refractivity contribution >= 4 is 50.9 Å². The lowest BCUT2D eigenvalue weighted by Gasteiger charge is -2.32. The lowest BCUT2D eigenvalue weighted by molar-refractivity contribution is -0.143. The van der Waals surface area contributed by atoms with Crippen molar-refractivity contribution in [1.82, 2.24) is 10.2 Å². The minimum absolute atomic E-state index is 0.0236. The second-order valence-corrected chi connectivity index (χ2v) is 10.3. The fourth-order valence-electron chi connectivity index (χ4n) is 3.60. The van der Waals surface area contributed by atoms with Gasteiger partial charge in [0.05, 0.1) is 4.47 Å². The van der Waals surface area contributed by atoms with Gasteiger partial charge in [-0.15, -0.1) is 0 Å². The molecule has 1 N–H and O–H groups in total. The van der Waals surface area contributed by atoms with E-state index in [0.29, 0.717) is 26.7 Å². The van der Waals surface area contributed by atoms with E-state index < -0.39 is 6.04 Å². The molecule has 0 saturated carbocycles. The van der Waals surface area contributed by atoms with Gasteiger partial charge in [0, 0.05) is 29.1 Å². The number of halogens is 3. The highest BCUT2D eigenvalue weighted by atomic mass is 79.9. The monoisotopic (exact) mass is 590 g/mol. The topological polar surface area (TPSA) is 58.6 Å². The van der Waals surface area contributed by atoms with Gasteiger partial charge in [-0.1, -0.05) is 72.6 Å². The molecule has 3 aromatic rings. The summed E-state index contributed by atoms with van der Waals surface area (Å²) in [4.78, 5) is 28.7. The number of amides is 2. The Morgan fingerprint density at radius 2 is 1.64 bits per heavy atom. The van der Waals surface area contributed by atoms with Crippen LogP contribution in [0.25, 0.3) is 0 Å². The van der Waals surface area contributed by atoms with Crippen LogP contribution < -0.4 is 10.1 Å². The molecule has 0 unspecified atom stereocenters. The molecule has 3 aromatic carbocycles. The average Bonchev–Trinajstić information content (AvgIpc) is 2.87. The molecule has 0 aliphatic heterocycles. The zero-order chi connectivity index (χ0) is 26.1. The molecule has 2 amide bonds. The quantitative estimate of drug-likeness (QED) is 0.270. The molecule has 0 radical (unpaired) electrons. The smallest absolute Gasteiger partial charge is 0.261 e. The van der Waals surface area contributed by atoms with Crippen LogP contribution in [0.5, 0.6) is 5.75 Å². The Balaban J connectivity index is 1.91. The average molecular weight is 592 g/mol. The number of nitrogens with zero attached hydrogens (tertiary/aromatic N) is 1. The van der Waals surface area contributed by atoms with E-state index in [1.807, 2.05) is 56.3 Å². The molecule has 0 aliphatic carbocycles. The molecule has 0 aliphatic rings. The molecular weight excluding hydrogens is 563 g/mol. The van der Waals surface area contributed by atoms with Gasteiger partial charge in [-0.25, -0.2) is 0 Å². The van der Waals surface area contributed by atoms with Crippen LogP contribution in [-0.2, 0) is 22.6 Å². The second-order valence-electron chi connectivity index (χ2n) is 8.53. The fourth-order valence-corrected chi connectivity index (χ4v) is 4.52. The van der Waals surface area contributed by atoms with E-state index in [1.54, 1.807) is 35.2 Å². The van der Waals surface area contributed by atoms with Crippen molar-refractivity contribution in [3.63, 3.8) is 0 Å². The Labute approximate surface area is 230 Å². The van der Waals surface area contributed by atoms with E-state index >= 15 is 0 Å². The molecule has 0 saturated heterocycles. The van der Waals surface area contributed by atoms with E-state index in [2.05, 4.69) is 21.2 Å². The summed E-state index contributed by atoms with van der Waals surface area (Å²) in [7, 11) is 0. The van der Waals surface area contributed by atoms with E-state index in [-0.39, 0.29) is 31.0 Å². The Bertz CT molecular complexity index is 1160. The van der Waals surface area contributed by atoms with Gasteiger partial charge in [0.15, 0.2) is 6.61 Å². The lowest BCUT2D eigenvalue weighted by atomic mass is 10.0. The Hall–Kier alpha value is -2.54. The number of nitrogens with one attached hydrogen (secondary N) is 1. The van der Waals surface area contributed by atoms with Crippen LogP contribution in [0.2, 0.25) is 10.0 Å². The summed E-state index contributed by atoms with van der Waals surface area (Å²) in [5.74, 6) is -0.0296. The first-order chi connectivity index (χ1) is 17.3. The van der Waals surface area contributed by atoms with Crippen LogP contribution >= 0.6 is 39.1 Å². The third-order valence-electron chi connectivity index (χ3n) is 5.78. The summed E-state index contributed by atoms with van der Waals surface area (Å²) in [6, 6.07) is 21.2. The molecule has 0 bridgehead atoms. The van der Waals surface area contributed by atoms with Gasteiger partial charge >= 0.3 is 0 Å². The number of benzene rings is 3. The number of rotatable bonds is 11. The van der Waals surface area contributed by atoms with Gasteiger partial charge < -0.3 is 15.0 Å². The Morgan fingerprint density at radius 1 is 0.972 bits per heavy atom. The van der Waals surface area contributed by atoms with Crippen LogP contribution in [-0.4, -0.2) is 35.4 Å². The van der Waals surface area contributed by atoms with Crippen LogP contribution in [0, 0.1) is 0 Å². The highest BCUT2D eigenvalue weighted by Gasteiger charge is 2.31. The maximum absolute atomic E-state index is 13.6. The minimum Gasteiger partial charge on any atom is -0.483 e. The van der Waals surface area contributed by atoms with Crippen molar-refractivity contribution in [3.05, 3.63) is 98.4 Å². The zero-order valence-corrected chi connectivity index (χ0v) is 23.3. The molecule has 8 heteroatoms. The maximum atomic E-state index is 13.6. The second kappa shape index (κ2) is 13.7. The summed E-state index contributed by atoms with van der Waals surface area (Å²) in [5.41, 5.74) is 1.81. The van der Waals surface area contributed by atoms with Crippen molar-refractivity contribution in [2.45, 2.75) is 45.3 Å². The molecule has 5 nitrogen and oxygen atoms in total. The third-order valence-corrected chi connectivity index (χ3v) is 6.89. The van der Waals surface area contributed by atoms with Gasteiger partial charge in [-0.3, -0.25) is 9.59 Å². The summed E-state index contributed by atoms with van der Waals surface area (Å²) < 4.78 is 6.47. The Kier molecular flexibility index (Phi) is 10.7. The van der Waals surface area contributed by atoms with Crippen LogP contribution in [0.1, 0.15) is 31.4 Å². The van der Waals surface area contributed by atoms with Crippen molar-refractivity contribution in [1.29, 1.82) is 0 Å². The highest BCUT2D eigenvalue weighted by molar-refractivity contribution is 9.10. The third kappa shape index (κ3) is 8.26. The summed E-state index contributed by atoms with van der Waals surface area (Å²) >= 11 is 15.5. The van der Waals surface area contributed by atoms with Crippen molar-refractivity contribution < 1.29 is 14.3 Å². The molecule has 0 spiro atoms. The van der Waals surface area contributed by atoms with Gasteiger partial charge in [0.2, 0.25) is 5.91 Å². The summed E-state index contributed by atoms with van der Waals surface area (Å²) in [6.07, 6.45) is 1.15. The van der Waals surface area contributed by atoms with E-state index in [1.165, 1.54) is 0 Å². The number of carbonyl (C=O) groups is 2. The molecular formula is C28H29BrCl2N2O3. The summed E-state index contributed by atoms with van der Waals surface area (Å²) in [6.45, 7) is 3.94. The normalized spacial score (nSPS) is 12.5. The van der Waals surface area contributed by atoms with Crippen molar-refractivity contribution in [2.75, 3.05) is 6.61 Å². The first-order valence-electron chi connectivity index (χ1n) is 11.7. The molecule has 36 heavy (non-hydrogen) atoms. The minimum atomic E-state index is -0.734. The fraction of sp³-hybridized carbons (Fsp3) is 0.286. The van der Waals surface area contributed by atoms with Gasteiger partial charge in [-0.2, -0.15) is 0 Å². The van der Waals surface area contributed by atoms with Crippen LogP contribution in [0.4, 0.5) is 0 Å². The van der Waals surface area contributed by atoms with Crippen LogP contribution in [0.15, 0.2) is 77.3 Å².